The van der Waals surface area contributed by atoms with Crippen molar-refractivity contribution in [3.05, 3.63) is 23.5 Å². The van der Waals surface area contributed by atoms with Crippen LogP contribution in [0.3, 0.4) is 0 Å². The van der Waals surface area contributed by atoms with Crippen LogP contribution in [0.4, 0.5) is 4.39 Å². The molecule has 114 valence electrons. The minimum Gasteiger partial charge on any atom is -0.495 e. The van der Waals surface area contributed by atoms with Crippen molar-refractivity contribution < 1.29 is 22.3 Å². The van der Waals surface area contributed by atoms with E-state index in [0.29, 0.717) is 18.4 Å². The number of sulfone groups is 1. The molecule has 0 radical (unpaired) electrons. The standard InChI is InChI=1S/C14H16FNO4S/c1-20-12-8-10(7-11(15)13(12)21(2,18)19)14(16-9-17)5-3-4-6-14/h7-8H,3-6H2,1-2H3. The summed E-state index contributed by atoms with van der Waals surface area (Å²) in [6.45, 7) is 0. The predicted octanol–water partition coefficient (Wildman–Crippen LogP) is 2.34. The van der Waals surface area contributed by atoms with Gasteiger partial charge in [0.25, 0.3) is 0 Å². The smallest absolute Gasteiger partial charge is 0.235 e. The Bertz CT molecular complexity index is 702. The molecule has 5 nitrogen and oxygen atoms in total. The maximum atomic E-state index is 14.3. The molecular weight excluding hydrogens is 297 g/mol. The third-order valence-corrected chi connectivity index (χ3v) is 4.97. The summed E-state index contributed by atoms with van der Waals surface area (Å²) in [5, 5.41) is 0. The van der Waals surface area contributed by atoms with Gasteiger partial charge in [-0.3, -0.25) is 0 Å². The van der Waals surface area contributed by atoms with Crippen LogP contribution in [-0.2, 0) is 20.2 Å². The lowest BCUT2D eigenvalue weighted by molar-refractivity contribution is 0.387. The molecule has 0 saturated heterocycles. The van der Waals surface area contributed by atoms with Gasteiger partial charge in [0.2, 0.25) is 6.08 Å². The van der Waals surface area contributed by atoms with Crippen LogP contribution in [-0.4, -0.2) is 27.9 Å². The van der Waals surface area contributed by atoms with E-state index >= 15 is 0 Å². The lowest BCUT2D eigenvalue weighted by Gasteiger charge is -2.24. The van der Waals surface area contributed by atoms with Crippen molar-refractivity contribution in [2.75, 3.05) is 13.4 Å². The molecule has 7 heteroatoms. The normalized spacial score (nSPS) is 17.3. The molecule has 0 amide bonds. The van der Waals surface area contributed by atoms with Gasteiger partial charge in [-0.1, -0.05) is 12.8 Å². The second kappa shape index (κ2) is 5.58. The first-order chi connectivity index (χ1) is 9.84. The zero-order valence-electron chi connectivity index (χ0n) is 11.8. The monoisotopic (exact) mass is 313 g/mol. The van der Waals surface area contributed by atoms with Crippen molar-refractivity contribution in [3.63, 3.8) is 0 Å². The zero-order chi connectivity index (χ0) is 15.7. The molecule has 1 fully saturated rings. The van der Waals surface area contributed by atoms with E-state index in [1.807, 2.05) is 0 Å². The number of methoxy groups -OCH3 is 1. The molecule has 0 unspecified atom stereocenters. The Morgan fingerprint density at radius 2 is 1.95 bits per heavy atom. The number of halogens is 1. The van der Waals surface area contributed by atoms with E-state index in [0.717, 1.165) is 25.2 Å². The van der Waals surface area contributed by atoms with Crippen molar-refractivity contribution in [1.29, 1.82) is 0 Å². The minimum absolute atomic E-state index is 0.0696. The van der Waals surface area contributed by atoms with Crippen molar-refractivity contribution in [3.8, 4) is 5.75 Å². The number of isocyanates is 1. The molecular formula is C14H16FNO4S. The zero-order valence-corrected chi connectivity index (χ0v) is 12.7. The summed E-state index contributed by atoms with van der Waals surface area (Å²) in [4.78, 5) is 14.1. The van der Waals surface area contributed by atoms with Gasteiger partial charge < -0.3 is 4.74 Å². The summed E-state index contributed by atoms with van der Waals surface area (Å²) in [5.41, 5.74) is -0.378. The fraction of sp³-hybridized carbons (Fsp3) is 0.500. The topological polar surface area (TPSA) is 72.8 Å². The van der Waals surface area contributed by atoms with Crippen LogP contribution in [0.1, 0.15) is 31.2 Å². The molecule has 0 atom stereocenters. The van der Waals surface area contributed by atoms with E-state index in [2.05, 4.69) is 4.99 Å². The lowest BCUT2D eigenvalue weighted by Crippen LogP contribution is -2.20. The van der Waals surface area contributed by atoms with Gasteiger partial charge in [-0.15, -0.1) is 0 Å². The van der Waals surface area contributed by atoms with Crippen molar-refractivity contribution in [2.24, 2.45) is 4.99 Å². The van der Waals surface area contributed by atoms with Gasteiger partial charge in [0.05, 0.1) is 12.6 Å². The fourth-order valence-corrected chi connectivity index (χ4v) is 3.78. The largest absolute Gasteiger partial charge is 0.495 e. The van der Waals surface area contributed by atoms with Gasteiger partial charge in [0.1, 0.15) is 16.5 Å². The van der Waals surface area contributed by atoms with Crippen LogP contribution in [0.2, 0.25) is 0 Å². The molecule has 1 saturated carbocycles. The molecule has 0 N–H and O–H groups in total. The van der Waals surface area contributed by atoms with Gasteiger partial charge in [-0.05, 0) is 30.5 Å². The van der Waals surface area contributed by atoms with E-state index in [4.69, 9.17) is 4.74 Å². The van der Waals surface area contributed by atoms with Gasteiger partial charge in [-0.25, -0.2) is 17.6 Å². The van der Waals surface area contributed by atoms with Crippen LogP contribution in [0.15, 0.2) is 22.0 Å². The van der Waals surface area contributed by atoms with Crippen molar-refractivity contribution in [1.82, 2.24) is 0 Å². The Morgan fingerprint density at radius 3 is 2.43 bits per heavy atom. The van der Waals surface area contributed by atoms with Crippen molar-refractivity contribution in [2.45, 2.75) is 36.1 Å². The van der Waals surface area contributed by atoms with Crippen LogP contribution in [0, 0.1) is 5.82 Å². The Hall–Kier alpha value is -1.72. The first kappa shape index (κ1) is 15.7. The number of aliphatic imine (C=N–C) groups is 1. The molecule has 1 aromatic carbocycles. The van der Waals surface area contributed by atoms with Crippen LogP contribution < -0.4 is 4.74 Å². The summed E-state index contributed by atoms with van der Waals surface area (Å²) >= 11 is 0. The third-order valence-electron chi connectivity index (χ3n) is 3.83. The number of benzene rings is 1. The van der Waals surface area contributed by atoms with Gasteiger partial charge in [0.15, 0.2) is 9.84 Å². The molecule has 0 spiro atoms. The highest BCUT2D eigenvalue weighted by Crippen LogP contribution is 2.44. The number of hydrogen-bond acceptors (Lipinski definition) is 5. The SMILES string of the molecule is COc1cc(C2(N=C=O)CCCC2)cc(F)c1S(C)(=O)=O. The molecule has 1 aliphatic carbocycles. The average Bonchev–Trinajstić information content (AvgIpc) is 2.86. The fourth-order valence-electron chi connectivity index (χ4n) is 2.86. The van der Waals surface area contributed by atoms with E-state index in [1.165, 1.54) is 13.2 Å². The Balaban J connectivity index is 2.68. The molecule has 0 heterocycles. The highest BCUT2D eigenvalue weighted by molar-refractivity contribution is 7.90. The number of ether oxygens (including phenoxy) is 1. The van der Waals surface area contributed by atoms with Crippen LogP contribution >= 0.6 is 0 Å². The summed E-state index contributed by atoms with van der Waals surface area (Å²) in [5.74, 6) is -0.959. The van der Waals surface area contributed by atoms with Gasteiger partial charge in [0, 0.05) is 6.26 Å². The van der Waals surface area contributed by atoms with E-state index < -0.39 is 26.1 Å². The average molecular weight is 313 g/mol. The van der Waals surface area contributed by atoms with E-state index in [1.54, 1.807) is 6.08 Å². The molecule has 0 aromatic heterocycles. The molecule has 1 aliphatic rings. The number of nitrogens with zero attached hydrogens (tertiary/aromatic N) is 1. The summed E-state index contributed by atoms with van der Waals surface area (Å²) < 4.78 is 42.6. The van der Waals surface area contributed by atoms with Gasteiger partial charge >= 0.3 is 0 Å². The maximum absolute atomic E-state index is 14.3. The number of carbonyl (C=O) groups excluding carboxylic acids is 1. The van der Waals surface area contributed by atoms with Crippen molar-refractivity contribution >= 4 is 15.9 Å². The minimum atomic E-state index is -3.76. The summed E-state index contributed by atoms with van der Waals surface area (Å²) in [7, 11) is -2.48. The molecule has 1 aromatic rings. The highest BCUT2D eigenvalue weighted by Gasteiger charge is 2.37. The second-order valence-corrected chi connectivity index (χ2v) is 7.16. The molecule has 0 aliphatic heterocycles. The first-order valence-corrected chi connectivity index (χ1v) is 8.40. The summed E-state index contributed by atoms with van der Waals surface area (Å²) in [6.07, 6.45) is 5.39. The lowest BCUT2D eigenvalue weighted by atomic mass is 9.88. The van der Waals surface area contributed by atoms with E-state index in [-0.39, 0.29) is 5.75 Å². The Kier molecular flexibility index (Phi) is 4.16. The second-order valence-electron chi connectivity index (χ2n) is 5.20. The third kappa shape index (κ3) is 2.84. The van der Waals surface area contributed by atoms with Crippen LogP contribution in [0.25, 0.3) is 0 Å². The Labute approximate surface area is 122 Å². The quantitative estimate of drug-likeness (QED) is 0.632. The molecule has 21 heavy (non-hydrogen) atoms. The maximum Gasteiger partial charge on any atom is 0.235 e. The first-order valence-electron chi connectivity index (χ1n) is 6.51. The number of rotatable bonds is 4. The molecule has 2 rings (SSSR count). The van der Waals surface area contributed by atoms with E-state index in [9.17, 15) is 17.6 Å². The van der Waals surface area contributed by atoms with Gasteiger partial charge in [-0.2, -0.15) is 4.99 Å². The Morgan fingerprint density at radius 1 is 1.33 bits per heavy atom. The summed E-state index contributed by atoms with van der Waals surface area (Å²) in [6, 6.07) is 2.58. The predicted molar refractivity (Wildman–Crippen MR) is 74.3 cm³/mol. The van der Waals surface area contributed by atoms with Crippen LogP contribution in [0.5, 0.6) is 5.75 Å². The number of hydrogen-bond donors (Lipinski definition) is 0. The highest BCUT2D eigenvalue weighted by atomic mass is 32.2. The molecule has 0 bridgehead atoms.